The summed E-state index contributed by atoms with van der Waals surface area (Å²) in [4.78, 5) is 51.6. The van der Waals surface area contributed by atoms with Crippen molar-refractivity contribution < 1.29 is 29.0 Å². The molecule has 2 saturated carbocycles. The number of carboxylic acid groups (broad SMARTS) is 1. The number of allylic oxidation sites excluding steroid dienone is 1. The molecule has 1 aromatic carbocycles. The summed E-state index contributed by atoms with van der Waals surface area (Å²) in [6.07, 6.45) is 6.93. The molecule has 3 aliphatic rings. The highest BCUT2D eigenvalue weighted by Gasteiger charge is 2.61. The van der Waals surface area contributed by atoms with Crippen molar-refractivity contribution in [2.75, 3.05) is 20.7 Å². The molecule has 248 valence electrons. The van der Waals surface area contributed by atoms with Crippen molar-refractivity contribution in [1.82, 2.24) is 20.2 Å². The highest BCUT2D eigenvalue weighted by Crippen LogP contribution is 2.47. The van der Waals surface area contributed by atoms with E-state index in [1.165, 1.54) is 0 Å². The van der Waals surface area contributed by atoms with E-state index in [0.717, 1.165) is 41.4 Å². The number of carboxylic acids is 1. The molecule has 6 rings (SSSR count). The number of rotatable bonds is 6. The normalized spacial score (nSPS) is 27.1. The van der Waals surface area contributed by atoms with Crippen LogP contribution >= 0.6 is 0 Å². The van der Waals surface area contributed by atoms with Crippen LogP contribution in [-0.4, -0.2) is 70.1 Å². The number of benzene rings is 1. The molecule has 0 radical (unpaired) electrons. The Kier molecular flexibility index (Phi) is 8.96. The van der Waals surface area contributed by atoms with Crippen LogP contribution in [0.25, 0.3) is 22.3 Å². The van der Waals surface area contributed by atoms with Gasteiger partial charge in [-0.3, -0.25) is 14.6 Å². The maximum absolute atomic E-state index is 13.9. The second-order valence-electron chi connectivity index (χ2n) is 13.6. The topological polar surface area (TPSA) is 131 Å². The Balaban J connectivity index is 1.36. The molecule has 47 heavy (non-hydrogen) atoms. The van der Waals surface area contributed by atoms with Crippen molar-refractivity contribution in [1.29, 1.82) is 0 Å². The van der Waals surface area contributed by atoms with Gasteiger partial charge in [0.15, 0.2) is 0 Å². The standard InChI is InChI=1S/C37H44N4O6/c1-21(2)28-12-10-13-29(38-28)30-19-32(25-14-15-31(46-5)22(3)33(25)39-30)47-24-17-26-27(18-24)35(43)41(4)16-9-7-6-8-11-23-20-37(23,36(44)45)40-34(26)42/h8,10-15,19,21,23-24,26-27H,6-7,9,16-18,20H2,1-5H3,(H,40,42)(H,44,45)/b11-8-/t23?,24-,26-,27-,37-/m1/s1. The van der Waals surface area contributed by atoms with Gasteiger partial charge in [-0.2, -0.15) is 0 Å². The zero-order valence-electron chi connectivity index (χ0n) is 27.8. The van der Waals surface area contributed by atoms with Crippen LogP contribution < -0.4 is 14.8 Å². The number of ether oxygens (including phenoxy) is 2. The number of amides is 2. The molecule has 0 saturated heterocycles. The van der Waals surface area contributed by atoms with Crippen LogP contribution in [0.1, 0.15) is 69.5 Å². The molecule has 10 heteroatoms. The number of carbonyl (C=O) groups excluding carboxylic acids is 2. The van der Waals surface area contributed by atoms with E-state index >= 15 is 0 Å². The first kappa shape index (κ1) is 32.5. The van der Waals surface area contributed by atoms with Crippen molar-refractivity contribution in [2.45, 2.75) is 76.9 Å². The Morgan fingerprint density at radius 2 is 1.85 bits per heavy atom. The third-order valence-electron chi connectivity index (χ3n) is 10.1. The molecule has 2 fully saturated rings. The zero-order valence-corrected chi connectivity index (χ0v) is 27.8. The minimum absolute atomic E-state index is 0.115. The number of hydrogen-bond donors (Lipinski definition) is 2. The van der Waals surface area contributed by atoms with E-state index in [1.54, 1.807) is 19.1 Å². The highest BCUT2D eigenvalue weighted by atomic mass is 16.5. The van der Waals surface area contributed by atoms with Crippen LogP contribution in [0.4, 0.5) is 0 Å². The van der Waals surface area contributed by atoms with E-state index in [4.69, 9.17) is 19.4 Å². The number of hydrogen-bond acceptors (Lipinski definition) is 7. The Morgan fingerprint density at radius 1 is 1.06 bits per heavy atom. The fourth-order valence-electron chi connectivity index (χ4n) is 7.12. The van der Waals surface area contributed by atoms with Gasteiger partial charge in [0, 0.05) is 42.2 Å². The van der Waals surface area contributed by atoms with Crippen molar-refractivity contribution in [3.8, 4) is 22.9 Å². The van der Waals surface area contributed by atoms with Gasteiger partial charge in [0.05, 0.1) is 35.9 Å². The largest absolute Gasteiger partial charge is 0.496 e. The van der Waals surface area contributed by atoms with Crippen LogP contribution in [0.2, 0.25) is 0 Å². The van der Waals surface area contributed by atoms with Gasteiger partial charge in [-0.1, -0.05) is 32.1 Å². The molecule has 2 aromatic heterocycles. The number of aliphatic carboxylic acids is 1. The van der Waals surface area contributed by atoms with Crippen LogP contribution in [0, 0.1) is 24.7 Å². The molecule has 5 atom stereocenters. The zero-order chi connectivity index (χ0) is 33.5. The Bertz CT molecular complexity index is 1740. The van der Waals surface area contributed by atoms with Crippen LogP contribution in [0.15, 0.2) is 48.6 Å². The number of fused-ring (bicyclic) bond motifs is 3. The number of pyridine rings is 2. The molecule has 3 aromatic rings. The Morgan fingerprint density at radius 3 is 2.60 bits per heavy atom. The monoisotopic (exact) mass is 640 g/mol. The maximum Gasteiger partial charge on any atom is 0.330 e. The van der Waals surface area contributed by atoms with Gasteiger partial charge in [0.2, 0.25) is 11.8 Å². The maximum atomic E-state index is 13.9. The van der Waals surface area contributed by atoms with Crippen molar-refractivity contribution in [3.63, 3.8) is 0 Å². The molecule has 1 unspecified atom stereocenters. The molecule has 0 spiro atoms. The van der Waals surface area contributed by atoms with E-state index in [-0.39, 0.29) is 24.2 Å². The highest BCUT2D eigenvalue weighted by molar-refractivity contribution is 5.94. The number of carbonyl (C=O) groups is 3. The lowest BCUT2D eigenvalue weighted by Gasteiger charge is -2.26. The van der Waals surface area contributed by atoms with Gasteiger partial charge in [-0.15, -0.1) is 0 Å². The van der Waals surface area contributed by atoms with Crippen LogP contribution in [-0.2, 0) is 14.4 Å². The molecule has 0 bridgehead atoms. The summed E-state index contributed by atoms with van der Waals surface area (Å²) in [6, 6.07) is 11.6. The Labute approximate surface area is 275 Å². The molecule has 1 aliphatic heterocycles. The minimum Gasteiger partial charge on any atom is -0.496 e. The number of nitrogens with zero attached hydrogens (tertiary/aromatic N) is 3. The lowest BCUT2D eigenvalue weighted by molar-refractivity contribution is -0.145. The van der Waals surface area contributed by atoms with E-state index in [9.17, 15) is 19.5 Å². The molecular formula is C37H44N4O6. The number of methoxy groups -OCH3 is 1. The first-order valence-electron chi connectivity index (χ1n) is 16.6. The predicted molar refractivity (Wildman–Crippen MR) is 178 cm³/mol. The van der Waals surface area contributed by atoms with E-state index in [0.29, 0.717) is 42.3 Å². The molecule has 2 aliphatic carbocycles. The third-order valence-corrected chi connectivity index (χ3v) is 10.1. The van der Waals surface area contributed by atoms with Crippen molar-refractivity contribution >= 4 is 28.7 Å². The van der Waals surface area contributed by atoms with Gasteiger partial charge in [-0.25, -0.2) is 9.78 Å². The average molecular weight is 641 g/mol. The van der Waals surface area contributed by atoms with Crippen LogP contribution in [0.3, 0.4) is 0 Å². The third kappa shape index (κ3) is 6.30. The van der Waals surface area contributed by atoms with E-state index in [1.807, 2.05) is 55.5 Å². The number of aromatic nitrogens is 2. The van der Waals surface area contributed by atoms with Crippen LogP contribution in [0.5, 0.6) is 11.5 Å². The summed E-state index contributed by atoms with van der Waals surface area (Å²) in [6.45, 7) is 6.73. The average Bonchev–Trinajstić information content (AvgIpc) is 3.59. The molecular weight excluding hydrogens is 596 g/mol. The van der Waals surface area contributed by atoms with Gasteiger partial charge in [0.1, 0.15) is 23.1 Å². The van der Waals surface area contributed by atoms with Crippen molar-refractivity contribution in [2.24, 2.45) is 17.8 Å². The Hall–Kier alpha value is -4.47. The minimum atomic E-state index is -1.33. The van der Waals surface area contributed by atoms with Gasteiger partial charge < -0.3 is 24.8 Å². The van der Waals surface area contributed by atoms with E-state index in [2.05, 4.69) is 19.2 Å². The van der Waals surface area contributed by atoms with Gasteiger partial charge in [-0.05, 0) is 75.6 Å². The number of aryl methyl sites for hydroxylation is 1. The molecule has 10 nitrogen and oxygen atoms in total. The second-order valence-corrected chi connectivity index (χ2v) is 13.6. The first-order valence-corrected chi connectivity index (χ1v) is 16.6. The van der Waals surface area contributed by atoms with Crippen molar-refractivity contribution in [3.05, 3.63) is 59.8 Å². The number of nitrogens with one attached hydrogen (secondary N) is 1. The summed E-state index contributed by atoms with van der Waals surface area (Å²) in [5.74, 6) is -1.67. The summed E-state index contributed by atoms with van der Waals surface area (Å²) < 4.78 is 12.3. The first-order chi connectivity index (χ1) is 22.5. The lowest BCUT2D eigenvalue weighted by atomic mass is 9.93. The summed E-state index contributed by atoms with van der Waals surface area (Å²) >= 11 is 0. The molecule has 2 N–H and O–H groups in total. The summed E-state index contributed by atoms with van der Waals surface area (Å²) in [5.41, 5.74) is 2.56. The smallest absolute Gasteiger partial charge is 0.330 e. The second kappa shape index (κ2) is 13.0. The van der Waals surface area contributed by atoms with Gasteiger partial charge >= 0.3 is 5.97 Å². The summed E-state index contributed by atoms with van der Waals surface area (Å²) in [7, 11) is 3.40. The molecule has 2 amide bonds. The fourth-order valence-corrected chi connectivity index (χ4v) is 7.12. The SMILES string of the molecule is COc1ccc2c(O[C@@H]3C[C@H]4C(=O)N[C@]5(C(=O)O)CC5/C=C\CCCCN(C)C(=O)[C@@H]4C3)cc(-c3cccc(C(C)C)n3)nc2c1C. The fraction of sp³-hybridized carbons (Fsp3) is 0.486. The van der Waals surface area contributed by atoms with Gasteiger partial charge in [0.25, 0.3) is 0 Å². The predicted octanol–water partition coefficient (Wildman–Crippen LogP) is 5.67. The molecule has 3 heterocycles. The lowest BCUT2D eigenvalue weighted by Crippen LogP contribution is -2.49. The van der Waals surface area contributed by atoms with E-state index < -0.39 is 35.4 Å². The summed E-state index contributed by atoms with van der Waals surface area (Å²) in [5, 5.41) is 13.7. The quantitative estimate of drug-likeness (QED) is 0.330.